The van der Waals surface area contributed by atoms with E-state index in [2.05, 4.69) is 51.3 Å². The van der Waals surface area contributed by atoms with Crippen LogP contribution >= 0.6 is 0 Å². The zero-order valence-corrected chi connectivity index (χ0v) is 20.9. The minimum absolute atomic E-state index is 0.106. The van der Waals surface area contributed by atoms with Crippen LogP contribution in [-0.4, -0.2) is 33.3 Å². The van der Waals surface area contributed by atoms with Gasteiger partial charge in [0.25, 0.3) is 0 Å². The van der Waals surface area contributed by atoms with E-state index in [4.69, 9.17) is 4.74 Å². The summed E-state index contributed by atoms with van der Waals surface area (Å²) < 4.78 is 6.13. The third kappa shape index (κ3) is 6.52. The molecule has 0 aliphatic heterocycles. The van der Waals surface area contributed by atoms with Gasteiger partial charge >= 0.3 is 0 Å². The topological polar surface area (TPSA) is 92.5 Å². The highest BCUT2D eigenvalue weighted by atomic mass is 16.5. The van der Waals surface area contributed by atoms with Crippen molar-refractivity contribution in [3.8, 4) is 5.75 Å². The Balaban J connectivity index is 1.66. The van der Waals surface area contributed by atoms with Crippen molar-refractivity contribution in [1.82, 2.24) is 15.0 Å². The maximum Gasteiger partial charge on any atom is 0.227 e. The zero-order valence-electron chi connectivity index (χ0n) is 20.9. The second-order valence-corrected chi connectivity index (χ2v) is 8.53. The van der Waals surface area contributed by atoms with Crippen molar-refractivity contribution in [1.29, 1.82) is 0 Å². The molecule has 0 saturated heterocycles. The quantitative estimate of drug-likeness (QED) is 0.269. The highest BCUT2D eigenvalue weighted by molar-refractivity contribution is 6.10. The molecule has 0 aliphatic rings. The van der Waals surface area contributed by atoms with Crippen LogP contribution < -0.4 is 10.1 Å². The van der Waals surface area contributed by atoms with Crippen LogP contribution in [0.1, 0.15) is 42.3 Å². The van der Waals surface area contributed by atoms with E-state index in [1.54, 1.807) is 13.1 Å². The molecule has 7 nitrogen and oxygen atoms in total. The molecule has 2 aromatic carbocycles. The van der Waals surface area contributed by atoms with Gasteiger partial charge in [0.1, 0.15) is 12.4 Å². The van der Waals surface area contributed by atoms with Crippen molar-refractivity contribution in [2.24, 2.45) is 4.99 Å². The number of pyridine rings is 1. The molecule has 0 unspecified atom stereocenters. The Kier molecular flexibility index (Phi) is 8.36. The number of rotatable bonds is 10. The standard InChI is InChI=1S/C29H31N5O2/c1-4-5-7-21(16-30-3)22-13-26(33-29-31-17-23-12-20(2)10-11-28(23)34-29)15-27(14-22)36-19-25-9-6-8-24(18-35)32-25/h6-17,35H,4-5,18-19H2,1-3H3,(H,31,33,34)/b21-7+,30-16-. The molecule has 184 valence electrons. The van der Waals surface area contributed by atoms with Crippen LogP contribution in [0.3, 0.4) is 0 Å². The Morgan fingerprint density at radius 1 is 1.08 bits per heavy atom. The van der Waals surface area contributed by atoms with Crippen molar-refractivity contribution < 1.29 is 9.84 Å². The summed E-state index contributed by atoms with van der Waals surface area (Å²) in [6.07, 6.45) is 7.85. The normalized spacial score (nSPS) is 11.8. The number of allylic oxidation sites excluding steroid dienone is 2. The van der Waals surface area contributed by atoms with Gasteiger partial charge in [0.05, 0.1) is 23.5 Å². The van der Waals surface area contributed by atoms with Crippen molar-refractivity contribution in [3.63, 3.8) is 0 Å². The lowest BCUT2D eigenvalue weighted by Gasteiger charge is -2.13. The number of fused-ring (bicyclic) bond motifs is 1. The number of aryl methyl sites for hydroxylation is 1. The van der Waals surface area contributed by atoms with E-state index < -0.39 is 0 Å². The van der Waals surface area contributed by atoms with E-state index in [1.807, 2.05) is 54.9 Å². The van der Waals surface area contributed by atoms with Crippen molar-refractivity contribution >= 4 is 34.3 Å². The van der Waals surface area contributed by atoms with Gasteiger partial charge in [-0.2, -0.15) is 0 Å². The van der Waals surface area contributed by atoms with E-state index in [9.17, 15) is 5.11 Å². The molecule has 4 aromatic rings. The molecule has 36 heavy (non-hydrogen) atoms. The smallest absolute Gasteiger partial charge is 0.227 e. The van der Waals surface area contributed by atoms with E-state index >= 15 is 0 Å². The summed E-state index contributed by atoms with van der Waals surface area (Å²) in [5.41, 5.74) is 6.20. The predicted molar refractivity (Wildman–Crippen MR) is 146 cm³/mol. The number of benzene rings is 2. The maximum absolute atomic E-state index is 9.38. The summed E-state index contributed by atoms with van der Waals surface area (Å²) in [6, 6.07) is 17.6. The van der Waals surface area contributed by atoms with Crippen molar-refractivity contribution in [2.75, 3.05) is 12.4 Å². The summed E-state index contributed by atoms with van der Waals surface area (Å²) in [6.45, 7) is 4.37. The van der Waals surface area contributed by atoms with Crippen LogP contribution in [0.4, 0.5) is 11.6 Å². The molecule has 0 aliphatic carbocycles. The summed E-state index contributed by atoms with van der Waals surface area (Å²) >= 11 is 0. The number of hydrogen-bond acceptors (Lipinski definition) is 7. The summed E-state index contributed by atoms with van der Waals surface area (Å²) in [5, 5.41) is 13.7. The van der Waals surface area contributed by atoms with Crippen LogP contribution in [0.15, 0.2) is 71.9 Å². The lowest BCUT2D eigenvalue weighted by molar-refractivity contribution is 0.272. The van der Waals surface area contributed by atoms with Gasteiger partial charge in [-0.3, -0.25) is 9.98 Å². The first kappa shape index (κ1) is 25.0. The van der Waals surface area contributed by atoms with Gasteiger partial charge in [-0.15, -0.1) is 0 Å². The van der Waals surface area contributed by atoms with E-state index in [-0.39, 0.29) is 13.2 Å². The lowest BCUT2D eigenvalue weighted by atomic mass is 10.0. The zero-order chi connectivity index (χ0) is 25.3. The number of hydrogen-bond donors (Lipinski definition) is 2. The number of ether oxygens (including phenoxy) is 1. The molecule has 0 radical (unpaired) electrons. The third-order valence-corrected chi connectivity index (χ3v) is 5.57. The number of aliphatic imine (C=N–C) groups is 1. The lowest BCUT2D eigenvalue weighted by Crippen LogP contribution is -2.03. The van der Waals surface area contributed by atoms with E-state index in [0.29, 0.717) is 17.4 Å². The predicted octanol–water partition coefficient (Wildman–Crippen LogP) is 6.03. The molecule has 0 bridgehead atoms. The van der Waals surface area contributed by atoms with Crippen LogP contribution in [0.2, 0.25) is 0 Å². The number of nitrogens with zero attached hydrogens (tertiary/aromatic N) is 4. The highest BCUT2D eigenvalue weighted by Crippen LogP contribution is 2.28. The van der Waals surface area contributed by atoms with Crippen LogP contribution in [0, 0.1) is 6.92 Å². The summed E-state index contributed by atoms with van der Waals surface area (Å²) in [7, 11) is 1.77. The Labute approximate surface area is 211 Å². The van der Waals surface area contributed by atoms with Crippen LogP contribution in [0.25, 0.3) is 16.5 Å². The van der Waals surface area contributed by atoms with Gasteiger partial charge in [0, 0.05) is 36.6 Å². The number of anilines is 2. The van der Waals surface area contributed by atoms with Crippen LogP contribution in [0.5, 0.6) is 5.75 Å². The maximum atomic E-state index is 9.38. The van der Waals surface area contributed by atoms with Crippen LogP contribution in [-0.2, 0) is 13.2 Å². The monoisotopic (exact) mass is 481 g/mol. The second kappa shape index (κ2) is 12.0. The minimum Gasteiger partial charge on any atom is -0.487 e. The molecular weight excluding hydrogens is 450 g/mol. The molecule has 0 amide bonds. The Morgan fingerprint density at radius 3 is 2.75 bits per heavy atom. The number of aliphatic hydroxyl groups is 1. The third-order valence-electron chi connectivity index (χ3n) is 5.57. The first-order chi connectivity index (χ1) is 17.6. The average molecular weight is 482 g/mol. The molecule has 2 N–H and O–H groups in total. The van der Waals surface area contributed by atoms with Crippen molar-refractivity contribution in [3.05, 3.63) is 89.4 Å². The average Bonchev–Trinajstić information content (AvgIpc) is 2.90. The summed E-state index contributed by atoms with van der Waals surface area (Å²) in [4.78, 5) is 17.9. The Bertz CT molecular complexity index is 1400. The molecule has 7 heteroatoms. The minimum atomic E-state index is -0.106. The van der Waals surface area contributed by atoms with Gasteiger partial charge in [-0.05, 0) is 60.9 Å². The number of unbranched alkanes of at least 4 members (excludes halogenated alkanes) is 1. The largest absolute Gasteiger partial charge is 0.487 e. The molecular formula is C29H31N5O2. The SMILES string of the molecule is CCC/C=C(\C=N/C)c1cc(Nc2ncc3cc(C)ccc3n2)cc(OCc2cccc(CO)n2)c1. The molecule has 0 spiro atoms. The molecule has 0 fully saturated rings. The highest BCUT2D eigenvalue weighted by Gasteiger charge is 2.09. The van der Waals surface area contributed by atoms with Gasteiger partial charge in [-0.25, -0.2) is 9.97 Å². The molecule has 0 atom stereocenters. The van der Waals surface area contributed by atoms with Gasteiger partial charge in [0.2, 0.25) is 5.95 Å². The number of aromatic nitrogens is 3. The fourth-order valence-electron chi connectivity index (χ4n) is 3.80. The van der Waals surface area contributed by atoms with Crippen molar-refractivity contribution in [2.45, 2.75) is 39.9 Å². The first-order valence-electron chi connectivity index (χ1n) is 12.0. The Hall–Kier alpha value is -4.10. The molecule has 4 rings (SSSR count). The second-order valence-electron chi connectivity index (χ2n) is 8.53. The fraction of sp³-hybridized carbons (Fsp3) is 0.241. The molecule has 0 saturated carbocycles. The van der Waals surface area contributed by atoms with Gasteiger partial charge < -0.3 is 15.2 Å². The Morgan fingerprint density at radius 2 is 1.94 bits per heavy atom. The van der Waals surface area contributed by atoms with Gasteiger partial charge in [-0.1, -0.05) is 37.1 Å². The van der Waals surface area contributed by atoms with E-state index in [1.165, 1.54) is 5.56 Å². The first-order valence-corrected chi connectivity index (χ1v) is 12.0. The number of nitrogens with one attached hydrogen (secondary N) is 1. The molecule has 2 aromatic heterocycles. The fourth-order valence-corrected chi connectivity index (χ4v) is 3.80. The van der Waals surface area contributed by atoms with Gasteiger partial charge in [0.15, 0.2) is 0 Å². The molecule has 2 heterocycles. The van der Waals surface area contributed by atoms with E-state index in [0.717, 1.165) is 46.3 Å². The summed E-state index contributed by atoms with van der Waals surface area (Å²) in [5.74, 6) is 1.18. The number of aliphatic hydroxyl groups excluding tert-OH is 1.